The molecule has 2 N–H and O–H groups in total. The van der Waals surface area contributed by atoms with Gasteiger partial charge in [0.25, 0.3) is 11.8 Å². The normalized spacial score (nSPS) is 14.4. The number of amides is 2. The molecule has 0 rings (SSSR count). The summed E-state index contributed by atoms with van der Waals surface area (Å²) in [7, 11) is 5.72. The number of hydrogen-bond acceptors (Lipinski definition) is 4. The maximum atomic E-state index is 11.2. The van der Waals surface area contributed by atoms with E-state index in [9.17, 15) is 19.8 Å². The summed E-state index contributed by atoms with van der Waals surface area (Å²) in [5.41, 5.74) is 0. The van der Waals surface area contributed by atoms with Gasteiger partial charge in [-0.25, -0.2) is 0 Å². The average molecular weight is 204 g/mol. The summed E-state index contributed by atoms with van der Waals surface area (Å²) < 4.78 is 0. The lowest BCUT2D eigenvalue weighted by Crippen LogP contribution is -2.48. The van der Waals surface area contributed by atoms with Crippen molar-refractivity contribution in [3.63, 3.8) is 0 Å². The highest BCUT2D eigenvalue weighted by atomic mass is 16.3. The Morgan fingerprint density at radius 2 is 1.07 bits per heavy atom. The van der Waals surface area contributed by atoms with Crippen LogP contribution in [0.4, 0.5) is 0 Å². The maximum Gasteiger partial charge on any atom is 0.254 e. The van der Waals surface area contributed by atoms with E-state index in [-0.39, 0.29) is 0 Å². The molecular weight excluding hydrogens is 188 g/mol. The first-order valence-electron chi connectivity index (χ1n) is 4.07. The molecule has 0 unspecified atom stereocenters. The van der Waals surface area contributed by atoms with Crippen LogP contribution < -0.4 is 0 Å². The van der Waals surface area contributed by atoms with E-state index >= 15 is 0 Å². The van der Waals surface area contributed by atoms with E-state index in [1.54, 1.807) is 0 Å². The van der Waals surface area contributed by atoms with Crippen molar-refractivity contribution >= 4 is 11.8 Å². The third kappa shape index (κ3) is 2.97. The lowest BCUT2D eigenvalue weighted by Gasteiger charge is -2.22. The molecule has 0 aliphatic heterocycles. The van der Waals surface area contributed by atoms with Crippen LogP contribution in [0.2, 0.25) is 0 Å². The second kappa shape index (κ2) is 4.92. The molecule has 0 bridgehead atoms. The molecule has 0 fully saturated rings. The van der Waals surface area contributed by atoms with Crippen LogP contribution in [0, 0.1) is 0 Å². The van der Waals surface area contributed by atoms with Gasteiger partial charge in [0.2, 0.25) is 0 Å². The molecular formula is C8H16N2O4. The van der Waals surface area contributed by atoms with Gasteiger partial charge in [-0.05, 0) is 0 Å². The molecule has 0 radical (unpaired) electrons. The SMILES string of the molecule is CN(C)C(=O)[C@H](O)[C@@H](O)C(=O)N(C)C. The Kier molecular flexibility index (Phi) is 4.52. The molecule has 0 aromatic heterocycles. The van der Waals surface area contributed by atoms with E-state index in [0.29, 0.717) is 0 Å². The Labute approximate surface area is 82.7 Å². The molecule has 14 heavy (non-hydrogen) atoms. The highest BCUT2D eigenvalue weighted by molar-refractivity contribution is 5.90. The summed E-state index contributed by atoms with van der Waals surface area (Å²) in [5, 5.41) is 18.6. The predicted molar refractivity (Wildman–Crippen MR) is 49.4 cm³/mol. The van der Waals surface area contributed by atoms with Gasteiger partial charge < -0.3 is 20.0 Å². The Morgan fingerprint density at radius 3 is 1.21 bits per heavy atom. The van der Waals surface area contributed by atoms with Crippen molar-refractivity contribution in [2.75, 3.05) is 28.2 Å². The smallest absolute Gasteiger partial charge is 0.254 e. The molecule has 0 aliphatic rings. The van der Waals surface area contributed by atoms with Crippen LogP contribution in [0.1, 0.15) is 0 Å². The van der Waals surface area contributed by atoms with Crippen LogP contribution in [-0.4, -0.2) is 72.2 Å². The molecule has 6 heteroatoms. The van der Waals surface area contributed by atoms with E-state index in [1.807, 2.05) is 0 Å². The zero-order valence-electron chi connectivity index (χ0n) is 8.76. The van der Waals surface area contributed by atoms with E-state index < -0.39 is 24.0 Å². The Hall–Kier alpha value is -1.14. The molecule has 0 heterocycles. The summed E-state index contributed by atoms with van der Waals surface area (Å²) in [6, 6.07) is 0. The van der Waals surface area contributed by atoms with E-state index in [4.69, 9.17) is 0 Å². The Morgan fingerprint density at radius 1 is 0.857 bits per heavy atom. The van der Waals surface area contributed by atoms with Gasteiger partial charge in [-0.1, -0.05) is 0 Å². The van der Waals surface area contributed by atoms with Crippen LogP contribution in [-0.2, 0) is 9.59 Å². The molecule has 0 aromatic rings. The Balaban J connectivity index is 4.46. The molecule has 0 saturated heterocycles. The number of hydrogen-bond donors (Lipinski definition) is 2. The lowest BCUT2D eigenvalue weighted by atomic mass is 10.1. The van der Waals surface area contributed by atoms with E-state index in [1.165, 1.54) is 28.2 Å². The maximum absolute atomic E-state index is 11.2. The number of likely N-dealkylation sites (N-methyl/N-ethyl adjacent to an activating group) is 2. The quantitative estimate of drug-likeness (QED) is 0.551. The summed E-state index contributed by atoms with van der Waals surface area (Å²) in [6.07, 6.45) is -3.42. The molecule has 0 spiro atoms. The number of nitrogens with zero attached hydrogens (tertiary/aromatic N) is 2. The molecule has 0 saturated carbocycles. The second-order valence-electron chi connectivity index (χ2n) is 3.36. The van der Waals surface area contributed by atoms with E-state index in [2.05, 4.69) is 0 Å². The number of carbonyl (C=O) groups is 2. The fraction of sp³-hybridized carbons (Fsp3) is 0.750. The van der Waals surface area contributed by atoms with Crippen molar-refractivity contribution in [3.8, 4) is 0 Å². The van der Waals surface area contributed by atoms with Gasteiger partial charge in [-0.2, -0.15) is 0 Å². The third-order valence-corrected chi connectivity index (χ3v) is 1.69. The fourth-order valence-electron chi connectivity index (χ4n) is 0.799. The number of aliphatic hydroxyl groups is 2. The number of carbonyl (C=O) groups excluding carboxylic acids is 2. The van der Waals surface area contributed by atoms with Gasteiger partial charge in [-0.3, -0.25) is 9.59 Å². The Bertz CT molecular complexity index is 203. The standard InChI is InChI=1S/C8H16N2O4/c1-9(2)7(13)5(11)6(12)8(14)10(3)4/h5-6,11-12H,1-4H3/t5-,6-/m1/s1. The van der Waals surface area contributed by atoms with Crippen LogP contribution in [0.3, 0.4) is 0 Å². The van der Waals surface area contributed by atoms with Crippen molar-refractivity contribution < 1.29 is 19.8 Å². The van der Waals surface area contributed by atoms with Gasteiger partial charge >= 0.3 is 0 Å². The molecule has 0 aromatic carbocycles. The number of aliphatic hydroxyl groups excluding tert-OH is 2. The van der Waals surface area contributed by atoms with Gasteiger partial charge in [0.1, 0.15) is 0 Å². The van der Waals surface area contributed by atoms with E-state index in [0.717, 1.165) is 9.80 Å². The van der Waals surface area contributed by atoms with Crippen LogP contribution >= 0.6 is 0 Å². The third-order valence-electron chi connectivity index (χ3n) is 1.69. The molecule has 6 nitrogen and oxygen atoms in total. The minimum Gasteiger partial charge on any atom is -0.380 e. The first-order chi connectivity index (χ1) is 6.29. The van der Waals surface area contributed by atoms with Gasteiger partial charge in [0.05, 0.1) is 0 Å². The zero-order chi connectivity index (χ0) is 11.5. The van der Waals surface area contributed by atoms with Crippen molar-refractivity contribution in [2.24, 2.45) is 0 Å². The minimum atomic E-state index is -1.71. The summed E-state index contributed by atoms with van der Waals surface area (Å²) in [5.74, 6) is -1.40. The van der Waals surface area contributed by atoms with Gasteiger partial charge in [0, 0.05) is 28.2 Å². The first kappa shape index (κ1) is 12.9. The summed E-state index contributed by atoms with van der Waals surface area (Å²) in [6.45, 7) is 0. The molecule has 2 amide bonds. The molecule has 2 atom stereocenters. The topological polar surface area (TPSA) is 81.1 Å². The highest BCUT2D eigenvalue weighted by Crippen LogP contribution is 2.00. The first-order valence-corrected chi connectivity index (χ1v) is 4.07. The largest absolute Gasteiger partial charge is 0.380 e. The van der Waals surface area contributed by atoms with Gasteiger partial charge in [-0.15, -0.1) is 0 Å². The van der Waals surface area contributed by atoms with Crippen molar-refractivity contribution in [1.82, 2.24) is 9.80 Å². The predicted octanol–water partition coefficient (Wildman–Crippen LogP) is -2.12. The van der Waals surface area contributed by atoms with Crippen molar-refractivity contribution in [1.29, 1.82) is 0 Å². The fourth-order valence-corrected chi connectivity index (χ4v) is 0.799. The second-order valence-corrected chi connectivity index (χ2v) is 3.36. The number of rotatable bonds is 3. The zero-order valence-corrected chi connectivity index (χ0v) is 8.76. The van der Waals surface area contributed by atoms with Gasteiger partial charge in [0.15, 0.2) is 12.2 Å². The van der Waals surface area contributed by atoms with Crippen LogP contribution in [0.5, 0.6) is 0 Å². The molecule has 0 aliphatic carbocycles. The minimum absolute atomic E-state index is 0.701. The molecule has 82 valence electrons. The average Bonchev–Trinajstić information content (AvgIpc) is 2.12. The lowest BCUT2D eigenvalue weighted by molar-refractivity contribution is -0.155. The summed E-state index contributed by atoms with van der Waals surface area (Å²) in [4.78, 5) is 24.5. The van der Waals surface area contributed by atoms with Crippen molar-refractivity contribution in [3.05, 3.63) is 0 Å². The van der Waals surface area contributed by atoms with Crippen LogP contribution in [0.15, 0.2) is 0 Å². The summed E-state index contributed by atoms with van der Waals surface area (Å²) >= 11 is 0. The van der Waals surface area contributed by atoms with Crippen LogP contribution in [0.25, 0.3) is 0 Å². The highest BCUT2D eigenvalue weighted by Gasteiger charge is 2.31. The monoisotopic (exact) mass is 204 g/mol. The van der Waals surface area contributed by atoms with Crippen molar-refractivity contribution in [2.45, 2.75) is 12.2 Å².